The van der Waals surface area contributed by atoms with Crippen LogP contribution in [0.2, 0.25) is 0 Å². The van der Waals surface area contributed by atoms with Gasteiger partial charge < -0.3 is 5.32 Å². The second kappa shape index (κ2) is 6.21. The lowest BCUT2D eigenvalue weighted by molar-refractivity contribution is 0.117. The Kier molecular flexibility index (Phi) is 4.79. The molecular formula is C17H25F2N. The Bertz CT molecular complexity index is 436. The molecule has 0 radical (unpaired) electrons. The monoisotopic (exact) mass is 281 g/mol. The van der Waals surface area contributed by atoms with E-state index in [1.807, 2.05) is 7.05 Å². The topological polar surface area (TPSA) is 12.0 Å². The minimum atomic E-state index is -0.472. The maximum absolute atomic E-state index is 13.3. The van der Waals surface area contributed by atoms with Gasteiger partial charge in [-0.25, -0.2) is 8.78 Å². The van der Waals surface area contributed by atoms with E-state index in [0.29, 0.717) is 17.3 Å². The maximum Gasteiger partial charge on any atom is 0.126 e. The van der Waals surface area contributed by atoms with Crippen LogP contribution in [0.3, 0.4) is 0 Å². The molecule has 2 unspecified atom stereocenters. The molecule has 0 amide bonds. The first-order chi connectivity index (χ1) is 9.39. The average Bonchev–Trinajstić information content (AvgIpc) is 2.31. The number of hydrogen-bond donors (Lipinski definition) is 1. The summed E-state index contributed by atoms with van der Waals surface area (Å²) in [7, 11) is 1.97. The zero-order valence-corrected chi connectivity index (χ0v) is 12.7. The van der Waals surface area contributed by atoms with Crippen molar-refractivity contribution in [1.29, 1.82) is 0 Å². The molecule has 1 aromatic carbocycles. The average molecular weight is 281 g/mol. The standard InChI is InChI=1S/C17H25F2N/c1-17(2)5-4-13(11-20-3)14(10-17)6-12-7-15(18)9-16(19)8-12/h7-9,13-14,20H,4-6,10-11H2,1-3H3. The van der Waals surface area contributed by atoms with Crippen LogP contribution in [0, 0.1) is 28.9 Å². The van der Waals surface area contributed by atoms with E-state index in [4.69, 9.17) is 0 Å². The maximum atomic E-state index is 13.3. The molecule has 20 heavy (non-hydrogen) atoms. The summed E-state index contributed by atoms with van der Waals surface area (Å²) in [6.45, 7) is 5.57. The molecule has 0 heterocycles. The Morgan fingerprint density at radius 3 is 2.40 bits per heavy atom. The molecule has 3 heteroatoms. The fourth-order valence-electron chi connectivity index (χ4n) is 3.59. The van der Waals surface area contributed by atoms with Crippen molar-refractivity contribution in [3.05, 3.63) is 35.4 Å². The minimum Gasteiger partial charge on any atom is -0.319 e. The van der Waals surface area contributed by atoms with Crippen molar-refractivity contribution in [3.8, 4) is 0 Å². The SMILES string of the molecule is CNCC1CCC(C)(C)CC1Cc1cc(F)cc(F)c1. The van der Waals surface area contributed by atoms with Gasteiger partial charge in [0.25, 0.3) is 0 Å². The molecule has 1 N–H and O–H groups in total. The van der Waals surface area contributed by atoms with E-state index < -0.39 is 11.6 Å². The Hall–Kier alpha value is -0.960. The van der Waals surface area contributed by atoms with Crippen molar-refractivity contribution in [1.82, 2.24) is 5.32 Å². The smallest absolute Gasteiger partial charge is 0.126 e. The number of rotatable bonds is 4. The first-order valence-electron chi connectivity index (χ1n) is 7.49. The molecule has 112 valence electrons. The van der Waals surface area contributed by atoms with E-state index in [9.17, 15) is 8.78 Å². The second-order valence-corrected chi connectivity index (χ2v) is 6.97. The van der Waals surface area contributed by atoms with Crippen molar-refractivity contribution in [2.24, 2.45) is 17.3 Å². The third kappa shape index (κ3) is 4.02. The summed E-state index contributed by atoms with van der Waals surface area (Å²) in [4.78, 5) is 0. The first kappa shape index (κ1) is 15.4. The summed E-state index contributed by atoms with van der Waals surface area (Å²) in [5, 5.41) is 3.26. The van der Waals surface area contributed by atoms with Gasteiger partial charge in [0.05, 0.1) is 0 Å². The van der Waals surface area contributed by atoms with E-state index in [1.54, 1.807) is 0 Å². The van der Waals surface area contributed by atoms with E-state index in [2.05, 4.69) is 19.2 Å². The van der Waals surface area contributed by atoms with Crippen LogP contribution < -0.4 is 5.32 Å². The normalized spacial score (nSPS) is 25.6. The summed E-state index contributed by atoms with van der Waals surface area (Å²) >= 11 is 0. The molecule has 1 aliphatic rings. The van der Waals surface area contributed by atoms with Gasteiger partial charge in [-0.05, 0) is 74.2 Å². The Balaban J connectivity index is 2.13. The van der Waals surface area contributed by atoms with E-state index >= 15 is 0 Å². The largest absolute Gasteiger partial charge is 0.319 e. The van der Waals surface area contributed by atoms with Gasteiger partial charge in [0.2, 0.25) is 0 Å². The molecule has 1 aliphatic carbocycles. The van der Waals surface area contributed by atoms with Crippen molar-refractivity contribution in [2.75, 3.05) is 13.6 Å². The highest BCUT2D eigenvalue weighted by atomic mass is 19.1. The van der Waals surface area contributed by atoms with Crippen LogP contribution in [-0.4, -0.2) is 13.6 Å². The summed E-state index contributed by atoms with van der Waals surface area (Å²) < 4.78 is 26.7. The molecule has 2 atom stereocenters. The van der Waals surface area contributed by atoms with Gasteiger partial charge in [-0.15, -0.1) is 0 Å². The first-order valence-corrected chi connectivity index (χ1v) is 7.49. The molecule has 1 aromatic rings. The van der Waals surface area contributed by atoms with Crippen LogP contribution in [0.1, 0.15) is 38.7 Å². The van der Waals surface area contributed by atoms with Crippen molar-refractivity contribution >= 4 is 0 Å². The van der Waals surface area contributed by atoms with Crippen LogP contribution in [0.25, 0.3) is 0 Å². The molecule has 0 aromatic heterocycles. The van der Waals surface area contributed by atoms with Gasteiger partial charge in [-0.2, -0.15) is 0 Å². The predicted octanol–water partition coefficient (Wildman–Crippen LogP) is 4.17. The highest BCUT2D eigenvalue weighted by Crippen LogP contribution is 2.43. The van der Waals surface area contributed by atoms with Gasteiger partial charge >= 0.3 is 0 Å². The quantitative estimate of drug-likeness (QED) is 0.873. The predicted molar refractivity (Wildman–Crippen MR) is 78.6 cm³/mol. The van der Waals surface area contributed by atoms with Crippen LogP contribution >= 0.6 is 0 Å². The van der Waals surface area contributed by atoms with Crippen molar-refractivity contribution in [2.45, 2.75) is 39.5 Å². The van der Waals surface area contributed by atoms with E-state index in [0.717, 1.165) is 31.0 Å². The highest BCUT2D eigenvalue weighted by molar-refractivity contribution is 5.19. The van der Waals surface area contributed by atoms with Gasteiger partial charge in [0, 0.05) is 6.07 Å². The zero-order valence-electron chi connectivity index (χ0n) is 12.7. The molecule has 1 nitrogen and oxygen atoms in total. The van der Waals surface area contributed by atoms with Crippen molar-refractivity contribution in [3.63, 3.8) is 0 Å². The Labute approximate surface area is 120 Å². The van der Waals surface area contributed by atoms with Gasteiger partial charge in [0.1, 0.15) is 11.6 Å². The molecule has 1 fully saturated rings. The molecule has 1 saturated carbocycles. The lowest BCUT2D eigenvalue weighted by Gasteiger charge is -2.41. The Morgan fingerprint density at radius 2 is 1.80 bits per heavy atom. The molecule has 0 aliphatic heterocycles. The van der Waals surface area contributed by atoms with Gasteiger partial charge in [-0.3, -0.25) is 0 Å². The van der Waals surface area contributed by atoms with E-state index in [1.165, 1.54) is 25.0 Å². The third-order valence-electron chi connectivity index (χ3n) is 4.56. The number of benzene rings is 1. The summed E-state index contributed by atoms with van der Waals surface area (Å²) in [5.74, 6) is 0.146. The Morgan fingerprint density at radius 1 is 1.15 bits per heavy atom. The molecule has 0 saturated heterocycles. The number of hydrogen-bond acceptors (Lipinski definition) is 1. The minimum absolute atomic E-state index is 0.334. The molecule has 2 rings (SSSR count). The summed E-state index contributed by atoms with van der Waals surface area (Å²) in [6, 6.07) is 3.89. The van der Waals surface area contributed by atoms with Crippen LogP contribution in [-0.2, 0) is 6.42 Å². The fourth-order valence-corrected chi connectivity index (χ4v) is 3.59. The molecular weight excluding hydrogens is 256 g/mol. The van der Waals surface area contributed by atoms with Gasteiger partial charge in [-0.1, -0.05) is 13.8 Å². The lowest BCUT2D eigenvalue weighted by Crippen LogP contribution is -2.36. The molecule has 0 bridgehead atoms. The summed E-state index contributed by atoms with van der Waals surface area (Å²) in [5.41, 5.74) is 1.12. The van der Waals surface area contributed by atoms with E-state index in [-0.39, 0.29) is 0 Å². The fraction of sp³-hybridized carbons (Fsp3) is 0.647. The van der Waals surface area contributed by atoms with Crippen LogP contribution in [0.15, 0.2) is 18.2 Å². The second-order valence-electron chi connectivity index (χ2n) is 6.97. The van der Waals surface area contributed by atoms with Crippen LogP contribution in [0.4, 0.5) is 8.78 Å². The van der Waals surface area contributed by atoms with Crippen LogP contribution in [0.5, 0.6) is 0 Å². The lowest BCUT2D eigenvalue weighted by atomic mass is 9.65. The number of halogens is 2. The highest BCUT2D eigenvalue weighted by Gasteiger charge is 2.34. The summed E-state index contributed by atoms with van der Waals surface area (Å²) in [6.07, 6.45) is 4.31. The number of nitrogens with one attached hydrogen (secondary N) is 1. The molecule has 0 spiro atoms. The third-order valence-corrected chi connectivity index (χ3v) is 4.56. The zero-order chi connectivity index (χ0) is 14.8. The van der Waals surface area contributed by atoms with Gasteiger partial charge in [0.15, 0.2) is 0 Å². The van der Waals surface area contributed by atoms with Crippen molar-refractivity contribution < 1.29 is 8.78 Å².